The van der Waals surface area contributed by atoms with Crippen LogP contribution in [-0.4, -0.2) is 61.3 Å². The van der Waals surface area contributed by atoms with Gasteiger partial charge in [-0.1, -0.05) is 6.92 Å². The molecular formula is C22H23F2N5O5S. The average molecular weight is 508 g/mol. The van der Waals surface area contributed by atoms with Crippen molar-refractivity contribution in [3.8, 4) is 11.5 Å². The molecular weight excluding hydrogens is 484 g/mol. The molecule has 186 valence electrons. The van der Waals surface area contributed by atoms with Crippen LogP contribution in [0.4, 0.5) is 14.5 Å². The molecule has 0 aliphatic carbocycles. The number of carbonyl (C=O) groups excluding carboxylic acids is 1. The topological polar surface area (TPSA) is 105 Å². The minimum absolute atomic E-state index is 0.0378. The lowest BCUT2D eigenvalue weighted by molar-refractivity contribution is 0.0981. The van der Waals surface area contributed by atoms with E-state index in [2.05, 4.69) is 5.10 Å². The monoisotopic (exact) mass is 507 g/mol. The quantitative estimate of drug-likeness (QED) is 0.546. The molecule has 0 saturated carbocycles. The molecule has 3 aromatic rings. The van der Waals surface area contributed by atoms with Crippen LogP contribution in [0.5, 0.6) is 11.5 Å². The number of carbonyl (C=O) groups is 1. The molecule has 0 spiro atoms. The molecule has 13 heteroatoms. The first-order valence-corrected chi connectivity index (χ1v) is 12.4. The van der Waals surface area contributed by atoms with E-state index >= 15 is 0 Å². The highest BCUT2D eigenvalue weighted by molar-refractivity contribution is 7.87. The second-order valence-electron chi connectivity index (χ2n) is 8.35. The molecule has 2 atom stereocenters. The van der Waals surface area contributed by atoms with Crippen LogP contribution in [0, 0.1) is 5.82 Å². The Morgan fingerprint density at radius 3 is 2.89 bits per heavy atom. The molecule has 1 amide bonds. The van der Waals surface area contributed by atoms with E-state index in [0.29, 0.717) is 22.5 Å². The van der Waals surface area contributed by atoms with Crippen LogP contribution >= 0.6 is 0 Å². The third-order valence-corrected chi connectivity index (χ3v) is 7.76. The van der Waals surface area contributed by atoms with Crippen molar-refractivity contribution in [1.29, 1.82) is 0 Å². The lowest BCUT2D eigenvalue weighted by Crippen LogP contribution is -2.41. The van der Waals surface area contributed by atoms with Crippen molar-refractivity contribution in [2.75, 3.05) is 31.8 Å². The first-order chi connectivity index (χ1) is 16.7. The number of aromatic nitrogens is 2. The summed E-state index contributed by atoms with van der Waals surface area (Å²) in [7, 11) is -2.67. The summed E-state index contributed by atoms with van der Waals surface area (Å²) in [4.78, 5) is 14.5. The van der Waals surface area contributed by atoms with Crippen LogP contribution in [0.2, 0.25) is 0 Å². The van der Waals surface area contributed by atoms with Crippen molar-refractivity contribution in [1.82, 2.24) is 18.6 Å². The fraction of sp³-hybridized carbons (Fsp3) is 0.364. The van der Waals surface area contributed by atoms with Gasteiger partial charge in [0.25, 0.3) is 5.91 Å². The van der Waals surface area contributed by atoms with Crippen molar-refractivity contribution in [3.63, 3.8) is 0 Å². The maximum absolute atomic E-state index is 14.6. The van der Waals surface area contributed by atoms with Crippen LogP contribution in [0.15, 0.2) is 36.7 Å². The molecule has 1 fully saturated rings. The minimum Gasteiger partial charge on any atom is -0.453 e. The second-order valence-corrected chi connectivity index (χ2v) is 10.1. The van der Waals surface area contributed by atoms with Crippen LogP contribution in [0.1, 0.15) is 35.3 Å². The van der Waals surface area contributed by atoms with Crippen molar-refractivity contribution in [3.05, 3.63) is 53.6 Å². The van der Waals surface area contributed by atoms with Crippen LogP contribution < -0.4 is 19.1 Å². The van der Waals surface area contributed by atoms with Gasteiger partial charge in [0.15, 0.2) is 11.5 Å². The minimum atomic E-state index is -4.02. The summed E-state index contributed by atoms with van der Waals surface area (Å²) in [5, 5.41) is 4.12. The smallest absolute Gasteiger partial charge is 0.303 e. The molecule has 1 saturated heterocycles. The lowest BCUT2D eigenvalue weighted by Gasteiger charge is -2.27. The predicted molar refractivity (Wildman–Crippen MR) is 122 cm³/mol. The third kappa shape index (κ3) is 4.14. The van der Waals surface area contributed by atoms with E-state index in [-0.39, 0.29) is 37.6 Å². The van der Waals surface area contributed by atoms with Crippen LogP contribution in [0.25, 0.3) is 5.52 Å². The maximum Gasteiger partial charge on any atom is 0.303 e. The van der Waals surface area contributed by atoms with Gasteiger partial charge in [0.2, 0.25) is 6.79 Å². The van der Waals surface area contributed by atoms with Gasteiger partial charge in [-0.2, -0.15) is 17.8 Å². The van der Waals surface area contributed by atoms with Gasteiger partial charge in [-0.05, 0) is 18.2 Å². The molecule has 0 radical (unpaired) electrons. The summed E-state index contributed by atoms with van der Waals surface area (Å²) in [6.45, 7) is 1.81. The largest absolute Gasteiger partial charge is 0.453 e. The Morgan fingerprint density at radius 1 is 1.31 bits per heavy atom. The first kappa shape index (κ1) is 23.3. The highest BCUT2D eigenvalue weighted by atomic mass is 32.2. The molecule has 2 aliphatic rings. The SMILES string of the molecule is CCN(C)S(=O)(=O)NC(=O)c1cnn2ccc(N3C[C@@H](F)C[C@@H]3c3cc(F)cc4c3OCO4)cc12. The Morgan fingerprint density at radius 2 is 2.11 bits per heavy atom. The number of benzene rings is 1. The molecule has 35 heavy (non-hydrogen) atoms. The summed E-state index contributed by atoms with van der Waals surface area (Å²) in [5.74, 6) is -0.709. The zero-order valence-corrected chi connectivity index (χ0v) is 19.8. The van der Waals surface area contributed by atoms with Gasteiger partial charge in [0.05, 0.1) is 23.3 Å². The first-order valence-electron chi connectivity index (χ1n) is 10.9. The predicted octanol–water partition coefficient (Wildman–Crippen LogP) is 2.42. The Hall–Kier alpha value is -3.45. The van der Waals surface area contributed by atoms with Gasteiger partial charge >= 0.3 is 10.2 Å². The molecule has 2 aromatic heterocycles. The molecule has 0 bridgehead atoms. The number of anilines is 1. The number of hydrogen-bond acceptors (Lipinski definition) is 7. The Kier molecular flexibility index (Phi) is 5.75. The van der Waals surface area contributed by atoms with Crippen molar-refractivity contribution >= 4 is 27.3 Å². The number of alkyl halides is 1. The Labute approximate surface area is 200 Å². The van der Waals surface area contributed by atoms with E-state index in [1.807, 2.05) is 4.72 Å². The number of hydrogen-bond donors (Lipinski definition) is 1. The Balaban J connectivity index is 1.51. The summed E-state index contributed by atoms with van der Waals surface area (Å²) < 4.78 is 68.8. The average Bonchev–Trinajstić information content (AvgIpc) is 3.54. The highest BCUT2D eigenvalue weighted by Crippen LogP contribution is 2.46. The number of pyridine rings is 1. The highest BCUT2D eigenvalue weighted by Gasteiger charge is 2.37. The standard InChI is InChI=1S/C22H23F2N5O5S/c1-3-27(2)35(31,32)26-22(30)17-10-25-29-5-4-15(9-19(17)29)28-11-14(24)7-18(28)16-6-13(23)8-20-21(16)34-12-33-20/h4-6,8-10,14,18H,3,7,11-12H2,1-2H3,(H,26,30)/t14-,18+/m0/s1. The number of rotatable bonds is 6. The van der Waals surface area contributed by atoms with Crippen molar-refractivity contribution < 1.29 is 31.5 Å². The van der Waals surface area contributed by atoms with Gasteiger partial charge in [-0.25, -0.2) is 18.0 Å². The molecule has 0 unspecified atom stereocenters. The van der Waals surface area contributed by atoms with Crippen molar-refractivity contribution in [2.24, 2.45) is 0 Å². The van der Waals surface area contributed by atoms with Crippen LogP contribution in [0.3, 0.4) is 0 Å². The molecule has 2 aliphatic heterocycles. The van der Waals surface area contributed by atoms with Gasteiger partial charge in [0.1, 0.15) is 12.0 Å². The number of fused-ring (bicyclic) bond motifs is 2. The van der Waals surface area contributed by atoms with E-state index in [1.165, 1.54) is 29.9 Å². The van der Waals surface area contributed by atoms with Gasteiger partial charge in [-0.3, -0.25) is 4.79 Å². The zero-order valence-electron chi connectivity index (χ0n) is 18.9. The van der Waals surface area contributed by atoms with E-state index in [0.717, 1.165) is 4.31 Å². The van der Waals surface area contributed by atoms with E-state index in [4.69, 9.17) is 9.47 Å². The van der Waals surface area contributed by atoms with E-state index < -0.39 is 34.1 Å². The number of halogens is 2. The summed E-state index contributed by atoms with van der Waals surface area (Å²) in [6.07, 6.45) is 1.78. The van der Waals surface area contributed by atoms with Gasteiger partial charge < -0.3 is 14.4 Å². The lowest BCUT2D eigenvalue weighted by atomic mass is 10.0. The summed E-state index contributed by atoms with van der Waals surface area (Å²) in [5.41, 5.74) is 1.40. The van der Waals surface area contributed by atoms with Gasteiger partial charge in [0, 0.05) is 50.1 Å². The van der Waals surface area contributed by atoms with Crippen LogP contribution in [-0.2, 0) is 10.2 Å². The van der Waals surface area contributed by atoms with Crippen molar-refractivity contribution in [2.45, 2.75) is 25.6 Å². The molecule has 1 N–H and O–H groups in total. The molecule has 4 heterocycles. The molecule has 1 aromatic carbocycles. The van der Waals surface area contributed by atoms with E-state index in [1.54, 1.807) is 30.2 Å². The Bertz CT molecular complexity index is 1410. The number of nitrogens with one attached hydrogen (secondary N) is 1. The fourth-order valence-corrected chi connectivity index (χ4v) is 5.20. The summed E-state index contributed by atoms with van der Waals surface area (Å²) >= 11 is 0. The number of ether oxygens (including phenoxy) is 2. The maximum atomic E-state index is 14.6. The normalized spacial score (nSPS) is 19.6. The third-order valence-electron chi connectivity index (χ3n) is 6.23. The van der Waals surface area contributed by atoms with E-state index in [9.17, 15) is 22.0 Å². The number of nitrogens with zero attached hydrogens (tertiary/aromatic N) is 4. The van der Waals surface area contributed by atoms with Gasteiger partial charge in [-0.15, -0.1) is 0 Å². The fourth-order valence-electron chi connectivity index (χ4n) is 4.36. The summed E-state index contributed by atoms with van der Waals surface area (Å²) in [6, 6.07) is 5.32. The molecule has 5 rings (SSSR count). The number of amides is 1. The zero-order chi connectivity index (χ0) is 24.9. The second kappa shape index (κ2) is 8.64. The molecule has 10 nitrogen and oxygen atoms in total.